The number of alkyl halides is 6. The third kappa shape index (κ3) is 6.00. The molecule has 2 amide bonds. The Labute approximate surface area is 209 Å². The standard InChI is InChI=1S/C25H25F6N3O3/c26-24(27,28)18-12-17(13-19(14-18)25(29,30)31)22(35)34-7-6-21(20(15-34)16-4-2-1-3-5-16)32-8-10-33(11-9-32)23(36)37/h1-5,12-14,20-21H,6-11,15H2,(H,36,37)/t20-,21+/m1/s1. The maximum absolute atomic E-state index is 13.3. The molecule has 0 aliphatic carbocycles. The van der Waals surface area contributed by atoms with Crippen LogP contribution in [0.5, 0.6) is 0 Å². The Hall–Kier alpha value is -3.28. The number of nitrogens with zero attached hydrogens (tertiary/aromatic N) is 3. The van der Waals surface area contributed by atoms with Crippen molar-refractivity contribution in [3.8, 4) is 0 Å². The fourth-order valence-corrected chi connectivity index (χ4v) is 5.09. The second kappa shape index (κ2) is 10.2. The summed E-state index contributed by atoms with van der Waals surface area (Å²) in [5.74, 6) is -1.16. The van der Waals surface area contributed by atoms with Crippen molar-refractivity contribution in [1.82, 2.24) is 14.7 Å². The van der Waals surface area contributed by atoms with Crippen molar-refractivity contribution in [1.29, 1.82) is 0 Å². The third-order valence-corrected chi connectivity index (χ3v) is 6.98. The second-order valence-electron chi connectivity index (χ2n) is 9.22. The largest absolute Gasteiger partial charge is 0.465 e. The van der Waals surface area contributed by atoms with Crippen LogP contribution in [-0.2, 0) is 12.4 Å². The summed E-state index contributed by atoms with van der Waals surface area (Å²) in [6.45, 7) is 1.85. The quantitative estimate of drug-likeness (QED) is 0.568. The summed E-state index contributed by atoms with van der Waals surface area (Å²) in [5.41, 5.74) is -2.85. The molecule has 37 heavy (non-hydrogen) atoms. The molecule has 2 saturated heterocycles. The molecule has 200 valence electrons. The van der Waals surface area contributed by atoms with Gasteiger partial charge in [-0.15, -0.1) is 0 Å². The molecule has 2 aliphatic heterocycles. The van der Waals surface area contributed by atoms with Crippen LogP contribution in [0, 0.1) is 0 Å². The molecule has 1 N–H and O–H groups in total. The predicted octanol–water partition coefficient (Wildman–Crippen LogP) is 5.02. The van der Waals surface area contributed by atoms with Gasteiger partial charge in [0.15, 0.2) is 0 Å². The SMILES string of the molecule is O=C(O)N1CCN([C@H]2CCN(C(=O)c3cc(C(F)(F)F)cc(C(F)(F)F)c3)C[C@@H]2c2ccccc2)CC1. The summed E-state index contributed by atoms with van der Waals surface area (Å²) in [7, 11) is 0. The van der Waals surface area contributed by atoms with E-state index in [9.17, 15) is 41.0 Å². The molecule has 0 aromatic heterocycles. The Bertz CT molecular complexity index is 1100. The number of carbonyl (C=O) groups excluding carboxylic acids is 1. The number of benzene rings is 2. The van der Waals surface area contributed by atoms with E-state index in [0.717, 1.165) is 5.56 Å². The molecule has 2 aliphatic rings. The van der Waals surface area contributed by atoms with E-state index in [4.69, 9.17) is 0 Å². The average Bonchev–Trinajstić information content (AvgIpc) is 2.87. The van der Waals surface area contributed by atoms with Crippen LogP contribution < -0.4 is 0 Å². The first-order valence-corrected chi connectivity index (χ1v) is 11.7. The minimum atomic E-state index is -5.05. The van der Waals surface area contributed by atoms with E-state index in [0.29, 0.717) is 44.7 Å². The van der Waals surface area contributed by atoms with Crippen molar-refractivity contribution in [2.24, 2.45) is 0 Å². The highest BCUT2D eigenvalue weighted by Crippen LogP contribution is 2.37. The van der Waals surface area contributed by atoms with E-state index in [1.165, 1.54) is 9.80 Å². The number of hydrogen-bond acceptors (Lipinski definition) is 3. The maximum atomic E-state index is 13.3. The molecular formula is C25H25F6N3O3. The van der Waals surface area contributed by atoms with Gasteiger partial charge in [-0.1, -0.05) is 30.3 Å². The lowest BCUT2D eigenvalue weighted by molar-refractivity contribution is -0.143. The van der Waals surface area contributed by atoms with Crippen molar-refractivity contribution in [2.75, 3.05) is 39.3 Å². The molecule has 12 heteroatoms. The maximum Gasteiger partial charge on any atom is 0.416 e. The van der Waals surface area contributed by atoms with Crippen LogP contribution in [0.3, 0.4) is 0 Å². The van der Waals surface area contributed by atoms with Crippen LogP contribution >= 0.6 is 0 Å². The molecule has 0 bridgehead atoms. The van der Waals surface area contributed by atoms with Crippen LogP contribution in [0.25, 0.3) is 0 Å². The number of halogens is 6. The Morgan fingerprint density at radius 1 is 0.784 bits per heavy atom. The minimum Gasteiger partial charge on any atom is -0.465 e. The molecule has 0 saturated carbocycles. The molecular weight excluding hydrogens is 504 g/mol. The highest BCUT2D eigenvalue weighted by molar-refractivity contribution is 5.95. The summed E-state index contributed by atoms with van der Waals surface area (Å²) in [4.78, 5) is 29.3. The highest BCUT2D eigenvalue weighted by atomic mass is 19.4. The number of rotatable bonds is 3. The van der Waals surface area contributed by atoms with Crippen molar-refractivity contribution in [2.45, 2.75) is 30.7 Å². The number of likely N-dealkylation sites (tertiary alicyclic amines) is 1. The van der Waals surface area contributed by atoms with Gasteiger partial charge in [0.1, 0.15) is 0 Å². The zero-order valence-electron chi connectivity index (χ0n) is 19.6. The minimum absolute atomic E-state index is 0.00650. The van der Waals surface area contributed by atoms with Gasteiger partial charge >= 0.3 is 18.4 Å². The van der Waals surface area contributed by atoms with Crippen LogP contribution in [0.4, 0.5) is 31.1 Å². The van der Waals surface area contributed by atoms with Crippen LogP contribution in [0.15, 0.2) is 48.5 Å². The molecule has 6 nitrogen and oxygen atoms in total. The topological polar surface area (TPSA) is 64.1 Å². The first-order valence-electron chi connectivity index (χ1n) is 11.7. The average molecular weight is 529 g/mol. The first kappa shape index (κ1) is 26.8. The summed E-state index contributed by atoms with van der Waals surface area (Å²) < 4.78 is 79.9. The van der Waals surface area contributed by atoms with E-state index in [-0.39, 0.29) is 31.1 Å². The third-order valence-electron chi connectivity index (χ3n) is 6.98. The van der Waals surface area contributed by atoms with Gasteiger partial charge in [0, 0.05) is 56.8 Å². The van der Waals surface area contributed by atoms with E-state index >= 15 is 0 Å². The van der Waals surface area contributed by atoms with Crippen LogP contribution in [-0.4, -0.2) is 77.1 Å². The Morgan fingerprint density at radius 2 is 1.35 bits per heavy atom. The molecule has 0 unspecified atom stereocenters. The van der Waals surface area contributed by atoms with E-state index in [1.807, 2.05) is 30.3 Å². The molecule has 2 fully saturated rings. The number of hydrogen-bond donors (Lipinski definition) is 1. The van der Waals surface area contributed by atoms with Gasteiger partial charge in [-0.3, -0.25) is 9.69 Å². The summed E-state index contributed by atoms with van der Waals surface area (Å²) in [5, 5.41) is 9.23. The Balaban J connectivity index is 1.61. The van der Waals surface area contributed by atoms with Gasteiger partial charge in [0.05, 0.1) is 11.1 Å². The van der Waals surface area contributed by atoms with Crippen molar-refractivity contribution in [3.05, 3.63) is 70.8 Å². The zero-order valence-corrected chi connectivity index (χ0v) is 19.6. The number of amides is 2. The molecule has 2 heterocycles. The van der Waals surface area contributed by atoms with Crippen LogP contribution in [0.1, 0.15) is 39.4 Å². The van der Waals surface area contributed by atoms with Gasteiger partial charge in [-0.05, 0) is 30.2 Å². The summed E-state index contributed by atoms with van der Waals surface area (Å²) >= 11 is 0. The zero-order chi connectivity index (χ0) is 27.0. The van der Waals surface area contributed by atoms with Crippen molar-refractivity contribution >= 4 is 12.0 Å². The normalized spacial score (nSPS) is 21.7. The van der Waals surface area contributed by atoms with Crippen LogP contribution in [0.2, 0.25) is 0 Å². The van der Waals surface area contributed by atoms with E-state index in [1.54, 1.807) is 0 Å². The van der Waals surface area contributed by atoms with Gasteiger partial charge in [0.25, 0.3) is 5.91 Å². The fraction of sp³-hybridized carbons (Fsp3) is 0.440. The lowest BCUT2D eigenvalue weighted by Gasteiger charge is -2.46. The highest BCUT2D eigenvalue weighted by Gasteiger charge is 2.40. The van der Waals surface area contributed by atoms with Gasteiger partial charge in [-0.2, -0.15) is 26.3 Å². The molecule has 4 rings (SSSR count). The molecule has 2 aromatic carbocycles. The smallest absolute Gasteiger partial charge is 0.416 e. The van der Waals surface area contributed by atoms with Crippen molar-refractivity contribution < 1.29 is 41.0 Å². The molecule has 2 atom stereocenters. The molecule has 2 aromatic rings. The monoisotopic (exact) mass is 529 g/mol. The van der Waals surface area contributed by atoms with E-state index in [2.05, 4.69) is 4.90 Å². The van der Waals surface area contributed by atoms with Gasteiger partial charge < -0.3 is 14.9 Å². The van der Waals surface area contributed by atoms with Crippen molar-refractivity contribution in [3.63, 3.8) is 0 Å². The lowest BCUT2D eigenvalue weighted by Crippen LogP contribution is -2.57. The Kier molecular flexibility index (Phi) is 7.40. The first-order chi connectivity index (χ1) is 17.3. The predicted molar refractivity (Wildman–Crippen MR) is 121 cm³/mol. The number of piperidine rings is 1. The van der Waals surface area contributed by atoms with E-state index < -0.39 is 41.0 Å². The summed E-state index contributed by atoms with van der Waals surface area (Å²) in [6, 6.07) is 10.0. The molecule has 0 radical (unpaired) electrons. The lowest BCUT2D eigenvalue weighted by atomic mass is 9.84. The fourth-order valence-electron chi connectivity index (χ4n) is 5.09. The summed E-state index contributed by atoms with van der Waals surface area (Å²) in [6.07, 6.45) is -10.7. The van der Waals surface area contributed by atoms with Gasteiger partial charge in [-0.25, -0.2) is 4.79 Å². The Morgan fingerprint density at radius 3 is 1.86 bits per heavy atom. The number of carboxylic acid groups (broad SMARTS) is 1. The second-order valence-corrected chi connectivity index (χ2v) is 9.22. The molecule has 0 spiro atoms. The number of carbonyl (C=O) groups is 2. The number of piperazine rings is 1. The van der Waals surface area contributed by atoms with Gasteiger partial charge in [0.2, 0.25) is 0 Å².